The van der Waals surface area contributed by atoms with E-state index in [1.165, 1.54) is 42.6 Å². The first-order chi connectivity index (χ1) is 16.9. The molecule has 178 valence electrons. The van der Waals surface area contributed by atoms with Crippen molar-refractivity contribution in [2.24, 2.45) is 5.10 Å². The molecular formula is C24H20N4O7. The number of nitrogens with one attached hydrogen (secondary N) is 2. The fraction of sp³-hybridized carbons (Fsp3) is 0.0833. The molecule has 0 radical (unpaired) electrons. The number of esters is 1. The Morgan fingerprint density at radius 3 is 2.37 bits per heavy atom. The van der Waals surface area contributed by atoms with Crippen molar-refractivity contribution in [3.63, 3.8) is 0 Å². The Kier molecular flexibility index (Phi) is 8.22. The summed E-state index contributed by atoms with van der Waals surface area (Å²) in [4.78, 5) is 47.1. The molecule has 11 nitrogen and oxygen atoms in total. The van der Waals surface area contributed by atoms with Gasteiger partial charge < -0.3 is 14.8 Å². The molecule has 3 aromatic rings. The van der Waals surface area contributed by atoms with E-state index in [9.17, 15) is 24.5 Å². The summed E-state index contributed by atoms with van der Waals surface area (Å²) in [7, 11) is 0. The molecule has 3 rings (SSSR count). The lowest BCUT2D eigenvalue weighted by atomic mass is 10.2. The third-order valence-corrected chi connectivity index (χ3v) is 4.44. The number of carbonyl (C=O) groups excluding carboxylic acids is 3. The number of rotatable bonds is 8. The van der Waals surface area contributed by atoms with E-state index in [1.54, 1.807) is 36.4 Å². The lowest BCUT2D eigenvalue weighted by Gasteiger charge is -2.08. The number of hydrogen-bond donors (Lipinski definition) is 2. The fourth-order valence-corrected chi connectivity index (χ4v) is 2.84. The van der Waals surface area contributed by atoms with Gasteiger partial charge in [-0.3, -0.25) is 19.7 Å². The van der Waals surface area contributed by atoms with Crippen LogP contribution in [0, 0.1) is 10.1 Å². The van der Waals surface area contributed by atoms with Crippen LogP contribution in [-0.2, 0) is 9.59 Å². The molecule has 0 unspecified atom stereocenters. The smallest absolute Gasteiger partial charge is 0.350 e. The maximum atomic E-state index is 12.5. The van der Waals surface area contributed by atoms with E-state index in [1.807, 2.05) is 6.92 Å². The standard InChI is InChI=1S/C24H20N4O7/c1-2-34-18-13-11-17(12-14-18)26-22(29)23(30)27-25-15-16-7-3-6-10-21(16)35-24(31)19-8-4-5-9-20(19)28(32)33/h3-15H,2H2,1H3,(H,26,29)(H,27,30)/b25-15+. The van der Waals surface area contributed by atoms with Crippen molar-refractivity contribution in [3.8, 4) is 11.5 Å². The van der Waals surface area contributed by atoms with Gasteiger partial charge in [-0.15, -0.1) is 0 Å². The molecule has 0 aliphatic carbocycles. The molecule has 0 fully saturated rings. The zero-order valence-electron chi connectivity index (χ0n) is 18.5. The molecule has 0 bridgehead atoms. The van der Waals surface area contributed by atoms with Crippen LogP contribution in [0.5, 0.6) is 11.5 Å². The number of benzene rings is 3. The van der Waals surface area contributed by atoms with Crippen molar-refractivity contribution >= 4 is 35.4 Å². The Balaban J connectivity index is 1.63. The summed E-state index contributed by atoms with van der Waals surface area (Å²) in [6.07, 6.45) is 1.17. The molecule has 0 saturated heterocycles. The number of carbonyl (C=O) groups is 3. The SMILES string of the molecule is CCOc1ccc(NC(=O)C(=O)N/N=C/c2ccccc2OC(=O)c2ccccc2[N+](=O)[O-])cc1. The second-order valence-corrected chi connectivity index (χ2v) is 6.81. The minimum Gasteiger partial charge on any atom is -0.494 e. The van der Waals surface area contributed by atoms with Gasteiger partial charge in [0.15, 0.2) is 0 Å². The van der Waals surface area contributed by atoms with E-state index in [0.29, 0.717) is 18.0 Å². The summed E-state index contributed by atoms with van der Waals surface area (Å²) in [6, 6.07) is 18.1. The minimum absolute atomic E-state index is 0.0486. The Labute approximate surface area is 199 Å². The van der Waals surface area contributed by atoms with Gasteiger partial charge in [0.2, 0.25) is 0 Å². The number of amides is 2. The summed E-state index contributed by atoms with van der Waals surface area (Å²) in [6.45, 7) is 2.35. The number of nitrogens with zero attached hydrogens (tertiary/aromatic N) is 2. The van der Waals surface area contributed by atoms with Gasteiger partial charge in [0, 0.05) is 17.3 Å². The highest BCUT2D eigenvalue weighted by atomic mass is 16.6. The number of hydrogen-bond acceptors (Lipinski definition) is 8. The lowest BCUT2D eigenvalue weighted by molar-refractivity contribution is -0.385. The summed E-state index contributed by atoms with van der Waals surface area (Å²) >= 11 is 0. The predicted octanol–water partition coefficient (Wildman–Crippen LogP) is 3.30. The number of ether oxygens (including phenoxy) is 2. The van der Waals surface area contributed by atoms with Crippen molar-refractivity contribution in [2.75, 3.05) is 11.9 Å². The van der Waals surface area contributed by atoms with E-state index < -0.39 is 28.4 Å². The van der Waals surface area contributed by atoms with Gasteiger partial charge >= 0.3 is 17.8 Å². The van der Waals surface area contributed by atoms with Gasteiger partial charge in [-0.2, -0.15) is 5.10 Å². The fourth-order valence-electron chi connectivity index (χ4n) is 2.84. The normalized spacial score (nSPS) is 10.4. The summed E-state index contributed by atoms with van der Waals surface area (Å²) in [5, 5.41) is 17.3. The highest BCUT2D eigenvalue weighted by molar-refractivity contribution is 6.39. The molecule has 0 heterocycles. The number of nitro groups is 1. The molecular weight excluding hydrogens is 456 g/mol. The van der Waals surface area contributed by atoms with Gasteiger partial charge in [0.1, 0.15) is 17.1 Å². The maximum Gasteiger partial charge on any atom is 0.350 e. The first kappa shape index (κ1) is 24.6. The molecule has 0 atom stereocenters. The summed E-state index contributed by atoms with van der Waals surface area (Å²) in [5.74, 6) is -2.22. The quantitative estimate of drug-likeness (QED) is 0.126. The van der Waals surface area contributed by atoms with E-state index in [4.69, 9.17) is 9.47 Å². The van der Waals surface area contributed by atoms with Gasteiger partial charge in [0.05, 0.1) is 17.7 Å². The van der Waals surface area contributed by atoms with Crippen molar-refractivity contribution in [2.45, 2.75) is 6.92 Å². The van der Waals surface area contributed by atoms with E-state index in [-0.39, 0.29) is 16.9 Å². The topological polar surface area (TPSA) is 149 Å². The predicted molar refractivity (Wildman–Crippen MR) is 126 cm³/mol. The van der Waals surface area contributed by atoms with Crippen molar-refractivity contribution in [1.29, 1.82) is 0 Å². The highest BCUT2D eigenvalue weighted by Crippen LogP contribution is 2.22. The van der Waals surface area contributed by atoms with E-state index in [0.717, 1.165) is 0 Å². The Morgan fingerprint density at radius 2 is 1.66 bits per heavy atom. The van der Waals surface area contributed by atoms with Crippen LogP contribution < -0.4 is 20.2 Å². The van der Waals surface area contributed by atoms with Crippen LogP contribution in [0.2, 0.25) is 0 Å². The van der Waals surface area contributed by atoms with Crippen LogP contribution in [0.3, 0.4) is 0 Å². The van der Waals surface area contributed by atoms with Crippen LogP contribution in [0.4, 0.5) is 11.4 Å². The Hall–Kier alpha value is -5.06. The number of para-hydroxylation sites is 2. The van der Waals surface area contributed by atoms with Crippen LogP contribution in [0.25, 0.3) is 0 Å². The maximum absolute atomic E-state index is 12.5. The molecule has 3 aromatic carbocycles. The highest BCUT2D eigenvalue weighted by Gasteiger charge is 2.21. The zero-order valence-corrected chi connectivity index (χ0v) is 18.5. The van der Waals surface area contributed by atoms with E-state index >= 15 is 0 Å². The molecule has 0 aliphatic rings. The summed E-state index contributed by atoms with van der Waals surface area (Å²) < 4.78 is 10.6. The molecule has 0 aliphatic heterocycles. The second kappa shape index (κ2) is 11.7. The lowest BCUT2D eigenvalue weighted by Crippen LogP contribution is -2.32. The molecule has 35 heavy (non-hydrogen) atoms. The largest absolute Gasteiger partial charge is 0.494 e. The molecule has 0 aromatic heterocycles. The Morgan fingerprint density at radius 1 is 0.971 bits per heavy atom. The van der Waals surface area contributed by atoms with Crippen LogP contribution in [-0.4, -0.2) is 35.5 Å². The average Bonchev–Trinajstić information content (AvgIpc) is 2.86. The number of hydrazone groups is 1. The first-order valence-corrected chi connectivity index (χ1v) is 10.3. The monoisotopic (exact) mass is 476 g/mol. The third-order valence-electron chi connectivity index (χ3n) is 4.44. The van der Waals surface area contributed by atoms with Gasteiger partial charge in [-0.25, -0.2) is 10.2 Å². The van der Waals surface area contributed by atoms with Crippen molar-refractivity contribution < 1.29 is 28.8 Å². The Bertz CT molecular complexity index is 1270. The first-order valence-electron chi connectivity index (χ1n) is 10.3. The average molecular weight is 476 g/mol. The molecule has 0 saturated carbocycles. The van der Waals surface area contributed by atoms with Gasteiger partial charge in [-0.05, 0) is 49.4 Å². The number of anilines is 1. The van der Waals surface area contributed by atoms with Crippen LogP contribution in [0.15, 0.2) is 77.9 Å². The second-order valence-electron chi connectivity index (χ2n) is 6.81. The van der Waals surface area contributed by atoms with Crippen molar-refractivity contribution in [1.82, 2.24) is 5.43 Å². The van der Waals surface area contributed by atoms with Gasteiger partial charge in [0.25, 0.3) is 5.69 Å². The molecule has 2 N–H and O–H groups in total. The van der Waals surface area contributed by atoms with E-state index in [2.05, 4.69) is 15.8 Å². The molecule has 0 spiro atoms. The van der Waals surface area contributed by atoms with Gasteiger partial charge in [-0.1, -0.05) is 24.3 Å². The number of nitro benzene ring substituents is 1. The van der Waals surface area contributed by atoms with Crippen molar-refractivity contribution in [3.05, 3.63) is 94.0 Å². The minimum atomic E-state index is -1.02. The zero-order chi connectivity index (χ0) is 25.2. The summed E-state index contributed by atoms with van der Waals surface area (Å²) in [5.41, 5.74) is 2.15. The van der Waals surface area contributed by atoms with Crippen LogP contribution >= 0.6 is 0 Å². The molecule has 2 amide bonds. The molecule has 11 heteroatoms. The van der Waals surface area contributed by atoms with Crippen LogP contribution in [0.1, 0.15) is 22.8 Å². The third kappa shape index (κ3) is 6.71.